The van der Waals surface area contributed by atoms with Crippen LogP contribution in [0.5, 0.6) is 0 Å². The molecule has 0 aromatic heterocycles. The zero-order valence-corrected chi connectivity index (χ0v) is 14.3. The van der Waals surface area contributed by atoms with Gasteiger partial charge in [0, 0.05) is 19.1 Å². The molecule has 20 heavy (non-hydrogen) atoms. The van der Waals surface area contributed by atoms with E-state index < -0.39 is 10.0 Å². The van der Waals surface area contributed by atoms with Crippen molar-refractivity contribution in [3.63, 3.8) is 0 Å². The van der Waals surface area contributed by atoms with E-state index in [1.807, 2.05) is 13.8 Å². The third kappa shape index (κ3) is 6.55. The molecule has 0 heterocycles. The smallest absolute Gasteiger partial charge is 0.215 e. The number of rotatable bonds is 8. The molecular formula is C15H32N2O2S. The first-order valence-corrected chi connectivity index (χ1v) is 9.57. The fourth-order valence-corrected chi connectivity index (χ4v) is 3.68. The van der Waals surface area contributed by atoms with Crippen LogP contribution in [0, 0.1) is 11.8 Å². The van der Waals surface area contributed by atoms with Crippen LogP contribution in [0.3, 0.4) is 0 Å². The van der Waals surface area contributed by atoms with Crippen LogP contribution < -0.4 is 10.0 Å². The Hall–Kier alpha value is -0.130. The fraction of sp³-hybridized carbons (Fsp3) is 1.00. The van der Waals surface area contributed by atoms with Gasteiger partial charge in [-0.3, -0.25) is 0 Å². The lowest BCUT2D eigenvalue weighted by molar-refractivity contribution is 0.278. The molecule has 0 amide bonds. The highest BCUT2D eigenvalue weighted by atomic mass is 32.2. The lowest BCUT2D eigenvalue weighted by Gasteiger charge is -2.26. The van der Waals surface area contributed by atoms with E-state index in [9.17, 15) is 8.42 Å². The van der Waals surface area contributed by atoms with E-state index >= 15 is 0 Å². The SMILES string of the molecule is CC1CCC(CCNS(=O)(=O)C(C)CNC(C)C)CC1. The quantitative estimate of drug-likeness (QED) is 0.724. The molecule has 1 unspecified atom stereocenters. The lowest BCUT2D eigenvalue weighted by atomic mass is 9.81. The Balaban J connectivity index is 2.25. The summed E-state index contributed by atoms with van der Waals surface area (Å²) in [5, 5.41) is 2.80. The van der Waals surface area contributed by atoms with E-state index in [1.54, 1.807) is 6.92 Å². The maximum absolute atomic E-state index is 12.1. The van der Waals surface area contributed by atoms with Crippen molar-refractivity contribution in [2.45, 2.75) is 71.1 Å². The van der Waals surface area contributed by atoms with Crippen LogP contribution in [0.2, 0.25) is 0 Å². The van der Waals surface area contributed by atoms with Crippen LogP contribution in [-0.2, 0) is 10.0 Å². The molecule has 0 spiro atoms. The summed E-state index contributed by atoms with van der Waals surface area (Å²) in [4.78, 5) is 0. The highest BCUT2D eigenvalue weighted by Gasteiger charge is 2.22. The predicted molar refractivity (Wildman–Crippen MR) is 85.3 cm³/mol. The maximum Gasteiger partial charge on any atom is 0.215 e. The summed E-state index contributed by atoms with van der Waals surface area (Å²) in [6.07, 6.45) is 6.09. The third-order valence-electron chi connectivity index (χ3n) is 4.33. The number of nitrogens with one attached hydrogen (secondary N) is 2. The Labute approximate surface area is 125 Å². The molecule has 0 bridgehead atoms. The summed E-state index contributed by atoms with van der Waals surface area (Å²) < 4.78 is 26.9. The van der Waals surface area contributed by atoms with E-state index in [4.69, 9.17) is 0 Å². The molecule has 1 fully saturated rings. The van der Waals surface area contributed by atoms with Crippen LogP contribution in [0.25, 0.3) is 0 Å². The number of hydrogen-bond donors (Lipinski definition) is 2. The van der Waals surface area contributed by atoms with Crippen molar-refractivity contribution < 1.29 is 8.42 Å². The first-order chi connectivity index (χ1) is 9.31. The Bertz CT molecular complexity index is 360. The van der Waals surface area contributed by atoms with Crippen molar-refractivity contribution in [1.82, 2.24) is 10.0 Å². The van der Waals surface area contributed by atoms with Crippen LogP contribution >= 0.6 is 0 Å². The summed E-state index contributed by atoms with van der Waals surface area (Å²) >= 11 is 0. The molecule has 120 valence electrons. The molecule has 0 aromatic rings. The van der Waals surface area contributed by atoms with Gasteiger partial charge in [0.2, 0.25) is 10.0 Å². The van der Waals surface area contributed by atoms with Gasteiger partial charge >= 0.3 is 0 Å². The van der Waals surface area contributed by atoms with E-state index in [1.165, 1.54) is 25.7 Å². The maximum atomic E-state index is 12.1. The molecule has 0 aliphatic heterocycles. The summed E-state index contributed by atoms with van der Waals surface area (Å²) in [5.74, 6) is 1.56. The van der Waals surface area contributed by atoms with Crippen LogP contribution in [0.1, 0.15) is 59.8 Å². The molecule has 0 aromatic carbocycles. The molecule has 0 radical (unpaired) electrons. The average molecular weight is 305 g/mol. The first-order valence-electron chi connectivity index (χ1n) is 8.03. The van der Waals surface area contributed by atoms with Gasteiger partial charge in [-0.15, -0.1) is 0 Å². The standard InChI is InChI=1S/C15H32N2O2S/c1-12(2)16-11-14(4)20(18,19)17-10-9-15-7-5-13(3)6-8-15/h12-17H,5-11H2,1-4H3. The second-order valence-corrected chi connectivity index (χ2v) is 8.91. The summed E-state index contributed by atoms with van der Waals surface area (Å²) in [6.45, 7) is 9.22. The normalized spacial score (nSPS) is 25.9. The molecule has 1 atom stereocenters. The minimum Gasteiger partial charge on any atom is -0.313 e. The lowest BCUT2D eigenvalue weighted by Crippen LogP contribution is -2.41. The van der Waals surface area contributed by atoms with Gasteiger partial charge in [-0.2, -0.15) is 0 Å². The number of sulfonamides is 1. The Kier molecular flexibility index (Phi) is 7.48. The second kappa shape index (κ2) is 8.35. The van der Waals surface area contributed by atoms with E-state index in [2.05, 4.69) is 17.0 Å². The van der Waals surface area contributed by atoms with Gasteiger partial charge in [-0.25, -0.2) is 13.1 Å². The molecule has 1 rings (SSSR count). The summed E-state index contributed by atoms with van der Waals surface area (Å²) in [7, 11) is -3.18. The molecule has 4 nitrogen and oxygen atoms in total. The van der Waals surface area contributed by atoms with Gasteiger partial charge in [0.15, 0.2) is 0 Å². The van der Waals surface area contributed by atoms with Crippen molar-refractivity contribution >= 4 is 10.0 Å². The van der Waals surface area contributed by atoms with Gasteiger partial charge in [-0.05, 0) is 25.2 Å². The monoisotopic (exact) mass is 304 g/mol. The minimum atomic E-state index is -3.18. The van der Waals surface area contributed by atoms with E-state index in [-0.39, 0.29) is 5.25 Å². The molecule has 1 saturated carbocycles. The largest absolute Gasteiger partial charge is 0.313 e. The topological polar surface area (TPSA) is 58.2 Å². The molecule has 1 aliphatic rings. The minimum absolute atomic E-state index is 0.317. The van der Waals surface area contributed by atoms with E-state index in [0.29, 0.717) is 25.0 Å². The summed E-state index contributed by atoms with van der Waals surface area (Å²) in [5.41, 5.74) is 0. The highest BCUT2D eigenvalue weighted by molar-refractivity contribution is 7.90. The van der Waals surface area contributed by atoms with Crippen LogP contribution in [0.15, 0.2) is 0 Å². The van der Waals surface area contributed by atoms with Gasteiger partial charge in [0.05, 0.1) is 5.25 Å². The van der Waals surface area contributed by atoms with Gasteiger partial charge in [-0.1, -0.05) is 46.5 Å². The predicted octanol–water partition coefficient (Wildman–Crippen LogP) is 2.51. The third-order valence-corrected chi connectivity index (χ3v) is 6.17. The van der Waals surface area contributed by atoms with Crippen molar-refractivity contribution in [1.29, 1.82) is 0 Å². The Morgan fingerprint density at radius 3 is 2.25 bits per heavy atom. The van der Waals surface area contributed by atoms with Crippen molar-refractivity contribution in [2.24, 2.45) is 11.8 Å². The molecule has 2 N–H and O–H groups in total. The Morgan fingerprint density at radius 1 is 1.10 bits per heavy atom. The highest BCUT2D eigenvalue weighted by Crippen LogP contribution is 2.29. The van der Waals surface area contributed by atoms with Gasteiger partial charge in [0.1, 0.15) is 0 Å². The van der Waals surface area contributed by atoms with Crippen LogP contribution in [0.4, 0.5) is 0 Å². The molecule has 0 saturated heterocycles. The van der Waals surface area contributed by atoms with Crippen molar-refractivity contribution in [3.8, 4) is 0 Å². The van der Waals surface area contributed by atoms with Crippen molar-refractivity contribution in [2.75, 3.05) is 13.1 Å². The zero-order chi connectivity index (χ0) is 15.2. The second-order valence-electron chi connectivity index (χ2n) is 6.73. The van der Waals surface area contributed by atoms with E-state index in [0.717, 1.165) is 12.3 Å². The summed E-state index contributed by atoms with van der Waals surface area (Å²) in [6, 6.07) is 0.317. The van der Waals surface area contributed by atoms with Crippen molar-refractivity contribution in [3.05, 3.63) is 0 Å². The average Bonchev–Trinajstić information content (AvgIpc) is 2.38. The first kappa shape index (κ1) is 17.9. The fourth-order valence-electron chi connectivity index (χ4n) is 2.68. The van der Waals surface area contributed by atoms with Gasteiger partial charge in [0.25, 0.3) is 0 Å². The zero-order valence-electron chi connectivity index (χ0n) is 13.5. The van der Waals surface area contributed by atoms with Gasteiger partial charge < -0.3 is 5.32 Å². The Morgan fingerprint density at radius 2 is 1.70 bits per heavy atom. The molecular weight excluding hydrogens is 272 g/mol. The molecule has 5 heteroatoms. The molecule has 1 aliphatic carbocycles. The van der Waals surface area contributed by atoms with Crippen LogP contribution in [-0.4, -0.2) is 32.8 Å². The number of hydrogen-bond acceptors (Lipinski definition) is 3.